The Morgan fingerprint density at radius 2 is 0.805 bits per heavy atom. The van der Waals surface area contributed by atoms with E-state index in [9.17, 15) is 44.1 Å². The molecule has 0 bridgehead atoms. The number of furan rings is 2. The first-order chi connectivity index (χ1) is 39.9. The normalized spacial score (nSPS) is 14.5. The van der Waals surface area contributed by atoms with Gasteiger partial charge in [-0.3, -0.25) is 38.6 Å². The van der Waals surface area contributed by atoms with Crippen LogP contribution in [0.5, 0.6) is 17.6 Å². The zero-order valence-electron chi connectivity index (χ0n) is 42.9. The van der Waals surface area contributed by atoms with Gasteiger partial charge in [0.25, 0.3) is 47.3 Å². The average molecular weight is 1080 g/mol. The van der Waals surface area contributed by atoms with Gasteiger partial charge < -0.3 is 28.9 Å². The quantitative estimate of drug-likeness (QED) is 0.0744. The number of rotatable bonds is 8. The summed E-state index contributed by atoms with van der Waals surface area (Å²) < 4.78 is 16.5. The number of amides is 6. The van der Waals surface area contributed by atoms with Crippen LogP contribution in [0, 0.1) is 0 Å². The van der Waals surface area contributed by atoms with Crippen LogP contribution in [0.25, 0.3) is 76.2 Å². The molecule has 0 saturated carbocycles. The molecule has 0 atom stereocenters. The smallest absolute Gasteiger partial charge is 0.291 e. The lowest BCUT2D eigenvalue weighted by molar-refractivity contribution is -0.113. The van der Waals surface area contributed by atoms with E-state index in [1.165, 1.54) is 9.80 Å². The summed E-state index contributed by atoms with van der Waals surface area (Å²) in [4.78, 5) is 91.6. The van der Waals surface area contributed by atoms with Gasteiger partial charge in [-0.15, -0.1) is 0 Å². The molecular weight excluding hydrogens is 1040 g/mol. The highest BCUT2D eigenvalue weighted by Crippen LogP contribution is 2.47. The van der Waals surface area contributed by atoms with Gasteiger partial charge in [0.15, 0.2) is 0 Å². The molecule has 16 heteroatoms. The van der Waals surface area contributed by atoms with Crippen molar-refractivity contribution in [3.63, 3.8) is 0 Å². The lowest BCUT2D eigenvalue weighted by Crippen LogP contribution is -2.40. The van der Waals surface area contributed by atoms with Crippen molar-refractivity contribution < 1.29 is 57.7 Å². The van der Waals surface area contributed by atoms with E-state index in [4.69, 9.17) is 13.6 Å². The van der Waals surface area contributed by atoms with Gasteiger partial charge >= 0.3 is 0 Å². The van der Waals surface area contributed by atoms with Crippen molar-refractivity contribution >= 4 is 112 Å². The first-order valence-corrected chi connectivity index (χ1v) is 26.0. The van der Waals surface area contributed by atoms with E-state index >= 15 is 0 Å². The van der Waals surface area contributed by atoms with Gasteiger partial charge in [-0.1, -0.05) is 97.1 Å². The summed E-state index contributed by atoms with van der Waals surface area (Å²) in [6, 6.07) is 46.4. The van der Waals surface area contributed by atoms with Crippen LogP contribution < -0.4 is 25.9 Å². The molecule has 16 rings (SSSR count). The predicted molar refractivity (Wildman–Crippen MR) is 300 cm³/mol. The summed E-state index contributed by atoms with van der Waals surface area (Å²) in [5.41, 5.74) is 5.48. The van der Waals surface area contributed by atoms with Crippen LogP contribution in [0.1, 0.15) is 69.2 Å². The number of hydrogen-bond donors (Lipinski definition) is 3. The third kappa shape index (κ3) is 6.88. The number of carbonyl (C=O) groups is 6. The molecule has 10 aromatic carbocycles. The number of imide groups is 2. The number of methoxy groups -OCH3 is 1. The summed E-state index contributed by atoms with van der Waals surface area (Å²) in [5.74, 6) is -2.62. The fraction of sp³-hybridized carbons (Fsp3) is 0.0606. The highest BCUT2D eigenvalue weighted by atomic mass is 16.5. The van der Waals surface area contributed by atoms with Gasteiger partial charge in [0.05, 0.1) is 59.8 Å². The van der Waals surface area contributed by atoms with Crippen LogP contribution in [0.4, 0.5) is 0 Å². The molecule has 6 heterocycles. The molecule has 0 spiro atoms. The van der Waals surface area contributed by atoms with Crippen LogP contribution in [0.15, 0.2) is 177 Å². The van der Waals surface area contributed by atoms with Gasteiger partial charge in [-0.05, 0) is 110 Å². The summed E-state index contributed by atoms with van der Waals surface area (Å²) in [6.07, 6.45) is 0. The number of nitrogens with zero attached hydrogens (tertiary/aromatic N) is 4. The Morgan fingerprint density at radius 1 is 0.439 bits per heavy atom. The van der Waals surface area contributed by atoms with Crippen molar-refractivity contribution in [3.05, 3.63) is 229 Å². The van der Waals surface area contributed by atoms with E-state index in [-0.39, 0.29) is 76.8 Å². The Hall–Kier alpha value is -11.1. The maximum atomic E-state index is 13.9. The molecule has 0 unspecified atom stereocenters. The molecule has 4 aliphatic heterocycles. The van der Waals surface area contributed by atoms with E-state index < -0.39 is 23.7 Å². The highest BCUT2D eigenvalue weighted by molar-refractivity contribution is 6.41. The maximum absolute atomic E-state index is 13.9. The minimum atomic E-state index is -0.493. The van der Waals surface area contributed by atoms with Crippen molar-refractivity contribution in [2.24, 2.45) is 9.98 Å². The topological polar surface area (TPSA) is 230 Å². The Balaban J connectivity index is 0.000000149. The fourth-order valence-electron chi connectivity index (χ4n) is 12.3. The Labute approximate surface area is 460 Å². The van der Waals surface area contributed by atoms with Crippen molar-refractivity contribution in [3.8, 4) is 17.6 Å². The molecule has 0 saturated heterocycles. The van der Waals surface area contributed by atoms with Gasteiger partial charge in [0, 0.05) is 54.2 Å². The number of aromatic hydroxyl groups is 2. The minimum absolute atomic E-state index is 0.0863. The van der Waals surface area contributed by atoms with Crippen molar-refractivity contribution in [1.29, 1.82) is 0 Å². The van der Waals surface area contributed by atoms with Gasteiger partial charge in [0.1, 0.15) is 16.9 Å². The second kappa shape index (κ2) is 17.7. The number of aliphatic hydroxyl groups is 1. The molecule has 0 radical (unpaired) electrons. The molecular formula is C66H38N4O12. The number of para-hydroxylation sites is 2. The molecule has 6 amide bonds. The van der Waals surface area contributed by atoms with Crippen LogP contribution in [0.3, 0.4) is 0 Å². The Kier molecular flexibility index (Phi) is 10.4. The van der Waals surface area contributed by atoms with Crippen molar-refractivity contribution in [2.75, 3.05) is 7.11 Å². The monoisotopic (exact) mass is 1080 g/mol. The number of fused-ring (bicyclic) bond motifs is 6. The van der Waals surface area contributed by atoms with Gasteiger partial charge in [-0.2, -0.15) is 0 Å². The first kappa shape index (κ1) is 48.1. The first-order valence-electron chi connectivity index (χ1n) is 26.0. The van der Waals surface area contributed by atoms with Crippen LogP contribution in [-0.2, 0) is 29.3 Å². The van der Waals surface area contributed by atoms with Crippen molar-refractivity contribution in [1.82, 2.24) is 9.80 Å². The van der Waals surface area contributed by atoms with Gasteiger partial charge in [0.2, 0.25) is 0 Å². The zero-order chi connectivity index (χ0) is 56.0. The van der Waals surface area contributed by atoms with Crippen LogP contribution in [-0.4, -0.2) is 67.7 Å². The summed E-state index contributed by atoms with van der Waals surface area (Å²) in [6.45, 7) is 0.156. The number of carbonyl (C=O) groups excluding carboxylic acids is 6. The molecule has 3 N–H and O–H groups in total. The van der Waals surface area contributed by atoms with Gasteiger partial charge in [-0.25, -0.2) is 9.98 Å². The third-order valence-corrected chi connectivity index (χ3v) is 16.0. The number of aliphatic hydroxyl groups excluding tert-OH is 1. The van der Waals surface area contributed by atoms with E-state index in [1.807, 2.05) is 48.5 Å². The predicted octanol–water partition coefficient (Wildman–Crippen LogP) is 8.14. The molecule has 394 valence electrons. The molecule has 2 aromatic heterocycles. The lowest BCUT2D eigenvalue weighted by atomic mass is 9.82. The lowest BCUT2D eigenvalue weighted by Gasteiger charge is -2.30. The molecule has 16 nitrogen and oxygen atoms in total. The molecule has 4 aliphatic rings. The zero-order valence-corrected chi connectivity index (χ0v) is 42.9. The molecule has 82 heavy (non-hydrogen) atoms. The molecule has 0 aliphatic carbocycles. The van der Waals surface area contributed by atoms with E-state index in [0.29, 0.717) is 70.7 Å². The van der Waals surface area contributed by atoms with Crippen molar-refractivity contribution in [2.45, 2.75) is 19.7 Å². The number of benzene rings is 10. The van der Waals surface area contributed by atoms with E-state index in [1.54, 1.807) is 116 Å². The standard InChI is InChI=1S/C40H26N2O6.C26H12N2O6/c1-48-24-8-6-22(7-9-24)19-42-39(46)31-16-12-27-25-10-14-29-35-30(38(45)41(37(29)44)18-21-2-4-23(20-43)5-3-21)15-11-26(33(25)35)28-13-17-32(40(42)47)36(31)34(27)28;29-23-19(11-5-1-3-7-15(11)27-23)21-13-9-18-14(10-17(13)33-25(21)31)22(26(32)34-18)20-12-6-2-4-8-16(12)28-24(20)30/h2-17,43H,18-20H2,1H3;1-10,31-32H. The SMILES string of the molecule is COc1ccc(CN2C(=O)c3ccc4c5ccc6c7c(ccc(c8ccc(c3c48)C2=O)c75)C(=O)N(Cc2ccc(CO)cc2)C6=O)cc1.O=C1N=c2ccccc2=C1c1c(O)oc2cc3c(C4=c5ccccc5=NC4=O)c(O)oc3cc12. The second-order valence-corrected chi connectivity index (χ2v) is 20.4. The average Bonchev–Trinajstić information content (AvgIpc) is 1.24. The van der Waals surface area contributed by atoms with E-state index in [0.717, 1.165) is 49.0 Å². The van der Waals surface area contributed by atoms with Crippen LogP contribution >= 0.6 is 0 Å². The Bertz CT molecular complexity index is 4790. The highest BCUT2D eigenvalue weighted by Gasteiger charge is 2.38. The molecule has 12 aromatic rings. The minimum Gasteiger partial charge on any atom is -0.497 e. The fourth-order valence-corrected chi connectivity index (χ4v) is 12.3. The summed E-state index contributed by atoms with van der Waals surface area (Å²) >= 11 is 0. The maximum Gasteiger partial charge on any atom is 0.291 e. The molecule has 0 fully saturated rings. The Morgan fingerprint density at radius 3 is 1.18 bits per heavy atom. The summed E-state index contributed by atoms with van der Waals surface area (Å²) in [7, 11) is 1.59. The number of ether oxygens (including phenoxy) is 1. The third-order valence-electron chi connectivity index (χ3n) is 16.0. The largest absolute Gasteiger partial charge is 0.497 e. The second-order valence-electron chi connectivity index (χ2n) is 20.4. The van der Waals surface area contributed by atoms with E-state index in [2.05, 4.69) is 9.98 Å². The number of hydrogen-bond acceptors (Lipinski definition) is 12. The summed E-state index contributed by atoms with van der Waals surface area (Å²) in [5, 5.41) is 39.9. The van der Waals surface area contributed by atoms with Crippen LogP contribution in [0.2, 0.25) is 0 Å².